The second-order valence-electron chi connectivity index (χ2n) is 4.70. The lowest BCUT2D eigenvalue weighted by Gasteiger charge is -2.14. The summed E-state index contributed by atoms with van der Waals surface area (Å²) in [6, 6.07) is 5.85. The van der Waals surface area contributed by atoms with Gasteiger partial charge in [0.05, 0.1) is 31.2 Å². The predicted octanol–water partition coefficient (Wildman–Crippen LogP) is 2.87. The van der Waals surface area contributed by atoms with Gasteiger partial charge in [-0.1, -0.05) is 0 Å². The van der Waals surface area contributed by atoms with E-state index in [1.807, 2.05) is 50.4 Å². The summed E-state index contributed by atoms with van der Waals surface area (Å²) in [7, 11) is 7.65. The summed E-state index contributed by atoms with van der Waals surface area (Å²) in [5, 5.41) is 3.39. The normalized spacial score (nSPS) is 10.4. The second kappa shape index (κ2) is 6.17. The lowest BCUT2D eigenvalue weighted by molar-refractivity contribution is 0.415. The van der Waals surface area contributed by atoms with Gasteiger partial charge in [-0.3, -0.25) is 0 Å². The van der Waals surface area contributed by atoms with Gasteiger partial charge in [0.1, 0.15) is 5.75 Å². The highest BCUT2D eigenvalue weighted by atomic mass is 79.9. The van der Waals surface area contributed by atoms with Gasteiger partial charge < -0.3 is 19.5 Å². The molecule has 1 heterocycles. The van der Waals surface area contributed by atoms with Crippen LogP contribution in [0.1, 0.15) is 5.69 Å². The molecule has 1 aromatic carbocycles. The maximum absolute atomic E-state index is 5.24. The molecule has 0 fully saturated rings. The highest BCUT2D eigenvalue weighted by molar-refractivity contribution is 9.10. The maximum Gasteiger partial charge on any atom is 0.204 e. The summed E-state index contributed by atoms with van der Waals surface area (Å²) in [5.74, 6) is 1.76. The Labute approximate surface area is 127 Å². The quantitative estimate of drug-likeness (QED) is 0.910. The number of halogens is 1. The van der Waals surface area contributed by atoms with Gasteiger partial charge >= 0.3 is 0 Å². The molecule has 108 valence electrons. The molecule has 6 heteroatoms. The summed E-state index contributed by atoms with van der Waals surface area (Å²) in [6.07, 6.45) is 1.89. The fourth-order valence-corrected chi connectivity index (χ4v) is 2.35. The topological polar surface area (TPSA) is 42.3 Å². The molecule has 0 radical (unpaired) electrons. The highest BCUT2D eigenvalue weighted by Gasteiger charge is 2.08. The van der Waals surface area contributed by atoms with E-state index in [2.05, 4.69) is 30.8 Å². The van der Waals surface area contributed by atoms with Crippen molar-refractivity contribution in [1.82, 2.24) is 9.55 Å². The zero-order chi connectivity index (χ0) is 14.7. The first-order valence-electron chi connectivity index (χ1n) is 6.28. The zero-order valence-electron chi connectivity index (χ0n) is 12.1. The Kier molecular flexibility index (Phi) is 4.54. The number of imidazole rings is 1. The number of hydrogen-bond donors (Lipinski definition) is 1. The van der Waals surface area contributed by atoms with Gasteiger partial charge in [0, 0.05) is 31.7 Å². The van der Waals surface area contributed by atoms with Crippen molar-refractivity contribution in [2.24, 2.45) is 7.05 Å². The molecule has 0 unspecified atom stereocenters. The van der Waals surface area contributed by atoms with E-state index in [4.69, 9.17) is 4.74 Å². The molecule has 2 rings (SSSR count). The Morgan fingerprint density at radius 2 is 2.15 bits per heavy atom. The summed E-state index contributed by atoms with van der Waals surface area (Å²) in [6.45, 7) is 0.698. The van der Waals surface area contributed by atoms with Crippen LogP contribution in [0.2, 0.25) is 0 Å². The van der Waals surface area contributed by atoms with Crippen molar-refractivity contribution in [2.75, 3.05) is 31.4 Å². The van der Waals surface area contributed by atoms with Crippen LogP contribution < -0.4 is 15.0 Å². The van der Waals surface area contributed by atoms with Gasteiger partial charge in [0.25, 0.3) is 0 Å². The van der Waals surface area contributed by atoms with Crippen LogP contribution in [0.15, 0.2) is 28.9 Å². The number of ether oxygens (including phenoxy) is 1. The molecule has 0 aliphatic heterocycles. The van der Waals surface area contributed by atoms with Crippen LogP contribution in [0.5, 0.6) is 5.75 Å². The van der Waals surface area contributed by atoms with Gasteiger partial charge in [-0.2, -0.15) is 0 Å². The van der Waals surface area contributed by atoms with Crippen LogP contribution in [0.3, 0.4) is 0 Å². The van der Waals surface area contributed by atoms with E-state index in [1.165, 1.54) is 0 Å². The molecule has 0 saturated heterocycles. The van der Waals surface area contributed by atoms with E-state index >= 15 is 0 Å². The zero-order valence-corrected chi connectivity index (χ0v) is 13.7. The number of anilines is 2. The summed E-state index contributed by atoms with van der Waals surface area (Å²) in [5.41, 5.74) is 2.11. The van der Waals surface area contributed by atoms with E-state index in [0.717, 1.165) is 27.6 Å². The van der Waals surface area contributed by atoms with Crippen molar-refractivity contribution in [2.45, 2.75) is 6.54 Å². The first-order chi connectivity index (χ1) is 9.52. The predicted molar refractivity (Wildman–Crippen MR) is 85.6 cm³/mol. The fraction of sp³-hybridized carbons (Fsp3) is 0.357. The monoisotopic (exact) mass is 338 g/mol. The van der Waals surface area contributed by atoms with E-state index < -0.39 is 0 Å². The smallest absolute Gasteiger partial charge is 0.204 e. The SMILES string of the molecule is COc1ccc(Br)c(NCc2cnc(N(C)C)n2C)c1. The molecule has 0 bridgehead atoms. The molecule has 0 amide bonds. The Morgan fingerprint density at radius 1 is 1.40 bits per heavy atom. The van der Waals surface area contributed by atoms with Crippen LogP contribution in [-0.2, 0) is 13.6 Å². The van der Waals surface area contributed by atoms with Crippen molar-refractivity contribution in [3.63, 3.8) is 0 Å². The number of aromatic nitrogens is 2. The molecular weight excluding hydrogens is 320 g/mol. The number of benzene rings is 1. The summed E-state index contributed by atoms with van der Waals surface area (Å²) < 4.78 is 8.31. The number of rotatable bonds is 5. The molecule has 1 N–H and O–H groups in total. The summed E-state index contributed by atoms with van der Waals surface area (Å²) in [4.78, 5) is 6.39. The van der Waals surface area contributed by atoms with Crippen LogP contribution in [0.25, 0.3) is 0 Å². The molecule has 0 aliphatic rings. The molecule has 0 spiro atoms. The van der Waals surface area contributed by atoms with Crippen molar-refractivity contribution in [3.05, 3.63) is 34.6 Å². The molecule has 0 atom stereocenters. The fourth-order valence-electron chi connectivity index (χ4n) is 1.97. The van der Waals surface area contributed by atoms with Gasteiger partial charge in [-0.15, -0.1) is 0 Å². The maximum atomic E-state index is 5.24. The lowest BCUT2D eigenvalue weighted by Crippen LogP contribution is -2.15. The second-order valence-corrected chi connectivity index (χ2v) is 5.56. The molecule has 0 saturated carbocycles. The van der Waals surface area contributed by atoms with Gasteiger partial charge in [-0.25, -0.2) is 4.98 Å². The molecule has 20 heavy (non-hydrogen) atoms. The summed E-state index contributed by atoms with van der Waals surface area (Å²) >= 11 is 3.53. The molecule has 0 aliphatic carbocycles. The third-order valence-corrected chi connectivity index (χ3v) is 3.78. The third kappa shape index (κ3) is 3.07. The standard InChI is InChI=1S/C14H19BrN4O/c1-18(2)14-17-9-10(19(14)3)8-16-13-7-11(20-4)5-6-12(13)15/h5-7,9,16H,8H2,1-4H3. The van der Waals surface area contributed by atoms with Crippen LogP contribution in [-0.4, -0.2) is 30.8 Å². The molecular formula is C14H19BrN4O. The van der Waals surface area contributed by atoms with E-state index in [-0.39, 0.29) is 0 Å². The average Bonchev–Trinajstić information content (AvgIpc) is 2.79. The average molecular weight is 339 g/mol. The minimum absolute atomic E-state index is 0.698. The highest BCUT2D eigenvalue weighted by Crippen LogP contribution is 2.27. The van der Waals surface area contributed by atoms with Crippen molar-refractivity contribution < 1.29 is 4.74 Å². The minimum Gasteiger partial charge on any atom is -0.497 e. The van der Waals surface area contributed by atoms with E-state index in [1.54, 1.807) is 7.11 Å². The Balaban J connectivity index is 2.13. The molecule has 1 aromatic heterocycles. The Morgan fingerprint density at radius 3 is 2.75 bits per heavy atom. The first kappa shape index (κ1) is 14.7. The van der Waals surface area contributed by atoms with Crippen molar-refractivity contribution in [1.29, 1.82) is 0 Å². The van der Waals surface area contributed by atoms with Gasteiger partial charge in [0.2, 0.25) is 5.95 Å². The van der Waals surface area contributed by atoms with E-state index in [0.29, 0.717) is 6.54 Å². The molecule has 5 nitrogen and oxygen atoms in total. The third-order valence-electron chi connectivity index (χ3n) is 3.09. The van der Waals surface area contributed by atoms with Crippen LogP contribution in [0, 0.1) is 0 Å². The van der Waals surface area contributed by atoms with Crippen molar-refractivity contribution >= 4 is 27.6 Å². The Bertz CT molecular complexity index is 595. The van der Waals surface area contributed by atoms with Gasteiger partial charge in [0.15, 0.2) is 0 Å². The van der Waals surface area contributed by atoms with Gasteiger partial charge in [-0.05, 0) is 28.1 Å². The number of methoxy groups -OCH3 is 1. The Hall–Kier alpha value is -1.69. The number of hydrogen-bond acceptors (Lipinski definition) is 4. The molecule has 2 aromatic rings. The van der Waals surface area contributed by atoms with E-state index in [9.17, 15) is 0 Å². The largest absolute Gasteiger partial charge is 0.497 e. The minimum atomic E-state index is 0.698. The van der Waals surface area contributed by atoms with Crippen LogP contribution in [0.4, 0.5) is 11.6 Å². The first-order valence-corrected chi connectivity index (χ1v) is 7.07. The number of nitrogens with zero attached hydrogens (tertiary/aromatic N) is 3. The number of nitrogens with one attached hydrogen (secondary N) is 1. The van der Waals surface area contributed by atoms with Crippen LogP contribution >= 0.6 is 15.9 Å². The lowest BCUT2D eigenvalue weighted by atomic mass is 10.3. The van der Waals surface area contributed by atoms with Crippen molar-refractivity contribution in [3.8, 4) is 5.75 Å².